The van der Waals surface area contributed by atoms with Gasteiger partial charge in [-0.1, -0.05) is 36.7 Å². The summed E-state index contributed by atoms with van der Waals surface area (Å²) in [5.41, 5.74) is 1.64. The van der Waals surface area contributed by atoms with Crippen LogP contribution < -0.4 is 15.4 Å². The molecule has 0 spiro atoms. The van der Waals surface area contributed by atoms with Crippen LogP contribution >= 0.6 is 11.6 Å². The molecule has 2 aromatic carbocycles. The standard InChI is InChI=1S/C25H29ClN4O3/c1-2-29-12-14-30(15-13-29)11-5-10-27-24(31)19-8-9-22-21(16-19)28-25(32)23(33-22)17-18-6-3-4-7-20(18)26/h3-4,6-9,16-17H,2,5,10-15H2,1H3,(H,27,31)(H,28,32)/b23-17+. The maximum atomic E-state index is 12.6. The summed E-state index contributed by atoms with van der Waals surface area (Å²) in [6.07, 6.45) is 2.50. The van der Waals surface area contributed by atoms with Crippen LogP contribution in [0.5, 0.6) is 5.75 Å². The summed E-state index contributed by atoms with van der Waals surface area (Å²) in [6, 6.07) is 12.2. The molecule has 2 heterocycles. The van der Waals surface area contributed by atoms with Crippen molar-refractivity contribution in [2.45, 2.75) is 13.3 Å². The van der Waals surface area contributed by atoms with Gasteiger partial charge in [-0.15, -0.1) is 0 Å². The summed E-state index contributed by atoms with van der Waals surface area (Å²) < 4.78 is 5.77. The first kappa shape index (κ1) is 23.3. The molecule has 0 saturated carbocycles. The van der Waals surface area contributed by atoms with Crippen LogP contribution in [-0.2, 0) is 4.79 Å². The number of likely N-dealkylation sites (N-methyl/N-ethyl adjacent to an activating group) is 1. The molecule has 7 nitrogen and oxygen atoms in total. The summed E-state index contributed by atoms with van der Waals surface area (Å²) in [5, 5.41) is 6.30. The van der Waals surface area contributed by atoms with Crippen LogP contribution in [0.3, 0.4) is 0 Å². The number of anilines is 1. The molecule has 0 aromatic heterocycles. The minimum absolute atomic E-state index is 0.146. The van der Waals surface area contributed by atoms with Gasteiger partial charge in [-0.3, -0.25) is 9.59 Å². The molecule has 2 amide bonds. The monoisotopic (exact) mass is 468 g/mol. The van der Waals surface area contributed by atoms with Crippen molar-refractivity contribution in [3.8, 4) is 5.75 Å². The van der Waals surface area contributed by atoms with Gasteiger partial charge < -0.3 is 25.2 Å². The van der Waals surface area contributed by atoms with Crippen molar-refractivity contribution in [2.24, 2.45) is 0 Å². The number of rotatable bonds is 7. The van der Waals surface area contributed by atoms with Gasteiger partial charge in [-0.05, 0) is 55.4 Å². The van der Waals surface area contributed by atoms with Crippen LogP contribution in [0.15, 0.2) is 48.2 Å². The van der Waals surface area contributed by atoms with Gasteiger partial charge in [0.25, 0.3) is 11.8 Å². The molecule has 8 heteroatoms. The minimum atomic E-state index is -0.386. The SMILES string of the molecule is CCN1CCN(CCCNC(=O)c2ccc3c(c2)NC(=O)/C(=C\c2ccccc2Cl)O3)CC1. The van der Waals surface area contributed by atoms with Crippen molar-refractivity contribution in [3.63, 3.8) is 0 Å². The van der Waals surface area contributed by atoms with E-state index in [9.17, 15) is 9.59 Å². The Kier molecular flexibility index (Phi) is 7.65. The third-order valence-corrected chi connectivity index (χ3v) is 6.32. The van der Waals surface area contributed by atoms with E-state index < -0.39 is 0 Å². The van der Waals surface area contributed by atoms with Gasteiger partial charge in [0.2, 0.25) is 0 Å². The zero-order valence-corrected chi connectivity index (χ0v) is 19.5. The Balaban J connectivity index is 1.30. The van der Waals surface area contributed by atoms with Gasteiger partial charge >= 0.3 is 0 Å². The minimum Gasteiger partial charge on any atom is -0.449 e. The number of ether oxygens (including phenoxy) is 1. The number of fused-ring (bicyclic) bond motifs is 1. The number of hydrogen-bond acceptors (Lipinski definition) is 5. The Labute approximate surface area is 199 Å². The van der Waals surface area contributed by atoms with E-state index in [1.165, 1.54) is 0 Å². The van der Waals surface area contributed by atoms with E-state index in [2.05, 4.69) is 27.4 Å². The first-order chi connectivity index (χ1) is 16.0. The summed E-state index contributed by atoms with van der Waals surface area (Å²) in [7, 11) is 0. The number of benzene rings is 2. The summed E-state index contributed by atoms with van der Waals surface area (Å²) in [6.45, 7) is 9.28. The average Bonchev–Trinajstić information content (AvgIpc) is 2.83. The lowest BCUT2D eigenvalue weighted by Gasteiger charge is -2.33. The molecule has 1 saturated heterocycles. The van der Waals surface area contributed by atoms with E-state index in [-0.39, 0.29) is 17.6 Å². The Morgan fingerprint density at radius 2 is 1.91 bits per heavy atom. The second-order valence-corrected chi connectivity index (χ2v) is 8.59. The van der Waals surface area contributed by atoms with Crippen LogP contribution in [0.1, 0.15) is 29.3 Å². The maximum absolute atomic E-state index is 12.6. The number of nitrogens with zero attached hydrogens (tertiary/aromatic N) is 2. The zero-order chi connectivity index (χ0) is 23.2. The molecule has 2 aromatic rings. The molecule has 2 N–H and O–H groups in total. The predicted molar refractivity (Wildman–Crippen MR) is 131 cm³/mol. The number of carbonyl (C=O) groups excluding carboxylic acids is 2. The van der Waals surface area contributed by atoms with Crippen molar-refractivity contribution in [2.75, 3.05) is 51.1 Å². The predicted octanol–water partition coefficient (Wildman–Crippen LogP) is 3.47. The number of halogens is 1. The van der Waals surface area contributed by atoms with Crippen molar-refractivity contribution in [1.82, 2.24) is 15.1 Å². The van der Waals surface area contributed by atoms with Gasteiger partial charge in [0, 0.05) is 43.3 Å². The van der Waals surface area contributed by atoms with E-state index in [0.29, 0.717) is 34.1 Å². The van der Waals surface area contributed by atoms with Gasteiger partial charge in [0.1, 0.15) is 0 Å². The summed E-state index contributed by atoms with van der Waals surface area (Å²) in [4.78, 5) is 30.0. The van der Waals surface area contributed by atoms with Crippen LogP contribution in [0.2, 0.25) is 5.02 Å². The highest BCUT2D eigenvalue weighted by Gasteiger charge is 2.23. The largest absolute Gasteiger partial charge is 0.449 e. The molecule has 33 heavy (non-hydrogen) atoms. The van der Waals surface area contributed by atoms with Crippen LogP contribution in [0.25, 0.3) is 6.08 Å². The Morgan fingerprint density at radius 3 is 2.67 bits per heavy atom. The Hall–Kier alpha value is -2.87. The van der Waals surface area contributed by atoms with Crippen molar-refractivity contribution < 1.29 is 14.3 Å². The number of carbonyl (C=O) groups is 2. The fourth-order valence-electron chi connectivity index (χ4n) is 3.97. The van der Waals surface area contributed by atoms with Gasteiger partial charge in [0.15, 0.2) is 11.5 Å². The van der Waals surface area contributed by atoms with Gasteiger partial charge in [-0.25, -0.2) is 0 Å². The second-order valence-electron chi connectivity index (χ2n) is 8.18. The topological polar surface area (TPSA) is 73.9 Å². The number of nitrogens with one attached hydrogen (secondary N) is 2. The Morgan fingerprint density at radius 1 is 1.15 bits per heavy atom. The lowest BCUT2D eigenvalue weighted by molar-refractivity contribution is -0.115. The highest BCUT2D eigenvalue weighted by Crippen LogP contribution is 2.33. The first-order valence-corrected chi connectivity index (χ1v) is 11.7. The van der Waals surface area contributed by atoms with Crippen LogP contribution in [0.4, 0.5) is 5.69 Å². The Bertz CT molecular complexity index is 1050. The number of piperazine rings is 1. The third-order valence-electron chi connectivity index (χ3n) is 5.97. The van der Waals surface area contributed by atoms with Crippen molar-refractivity contribution in [1.29, 1.82) is 0 Å². The van der Waals surface area contributed by atoms with E-state index in [4.69, 9.17) is 16.3 Å². The fourth-order valence-corrected chi connectivity index (χ4v) is 4.16. The summed E-state index contributed by atoms with van der Waals surface area (Å²) >= 11 is 6.17. The smallest absolute Gasteiger partial charge is 0.291 e. The molecule has 0 unspecified atom stereocenters. The van der Waals surface area contributed by atoms with Gasteiger partial charge in [-0.2, -0.15) is 0 Å². The van der Waals surface area contributed by atoms with E-state index in [1.54, 1.807) is 36.4 Å². The molecular weight excluding hydrogens is 440 g/mol. The quantitative estimate of drug-likeness (QED) is 0.481. The molecule has 2 aliphatic heterocycles. The molecule has 0 bridgehead atoms. The normalized spacial score (nSPS) is 17.9. The third kappa shape index (κ3) is 5.93. The van der Waals surface area contributed by atoms with Crippen molar-refractivity contribution in [3.05, 3.63) is 64.4 Å². The molecule has 4 rings (SSSR count). The number of amides is 2. The molecule has 1 fully saturated rings. The number of hydrogen-bond donors (Lipinski definition) is 2. The lowest BCUT2D eigenvalue weighted by Crippen LogP contribution is -2.46. The molecule has 0 radical (unpaired) electrons. The van der Waals surface area contributed by atoms with Crippen molar-refractivity contribution >= 4 is 35.2 Å². The fraction of sp³-hybridized carbons (Fsp3) is 0.360. The molecule has 174 valence electrons. The first-order valence-electron chi connectivity index (χ1n) is 11.4. The molecule has 0 aliphatic carbocycles. The van der Waals surface area contributed by atoms with Gasteiger partial charge in [0.05, 0.1) is 5.69 Å². The van der Waals surface area contributed by atoms with Crippen LogP contribution in [0, 0.1) is 0 Å². The molecular formula is C25H29ClN4O3. The highest BCUT2D eigenvalue weighted by atomic mass is 35.5. The van der Waals surface area contributed by atoms with E-state index in [1.807, 2.05) is 12.1 Å². The van der Waals surface area contributed by atoms with E-state index >= 15 is 0 Å². The zero-order valence-electron chi connectivity index (χ0n) is 18.8. The summed E-state index contributed by atoms with van der Waals surface area (Å²) in [5.74, 6) is 0.0756. The van der Waals surface area contributed by atoms with Crippen LogP contribution in [-0.4, -0.2) is 67.4 Å². The highest BCUT2D eigenvalue weighted by molar-refractivity contribution is 6.32. The molecule has 2 aliphatic rings. The molecule has 0 atom stereocenters. The average molecular weight is 469 g/mol. The van der Waals surface area contributed by atoms with E-state index in [0.717, 1.165) is 45.7 Å². The second kappa shape index (κ2) is 10.8. The maximum Gasteiger partial charge on any atom is 0.291 e. The lowest BCUT2D eigenvalue weighted by atomic mass is 10.1.